The molecular weight excluding hydrogens is 230 g/mol. The average Bonchev–Trinajstić information content (AvgIpc) is 2.51. The van der Waals surface area contributed by atoms with Gasteiger partial charge >= 0.3 is 0 Å². The molecule has 0 aromatic heterocycles. The maximum Gasteiger partial charge on any atom is 0.0947 e. The summed E-state index contributed by atoms with van der Waals surface area (Å²) in [6, 6.07) is 7.87. The first-order valence-electron chi connectivity index (χ1n) is 6.41. The van der Waals surface area contributed by atoms with Crippen LogP contribution in [-0.2, 0) is 4.74 Å². The van der Waals surface area contributed by atoms with Gasteiger partial charge in [0.15, 0.2) is 0 Å². The van der Waals surface area contributed by atoms with Crippen molar-refractivity contribution in [2.75, 3.05) is 31.7 Å². The highest BCUT2D eigenvalue weighted by molar-refractivity contribution is 5.55. The van der Waals surface area contributed by atoms with E-state index in [0.29, 0.717) is 13.2 Å². The van der Waals surface area contributed by atoms with Gasteiger partial charge in [0.1, 0.15) is 0 Å². The number of anilines is 1. The number of aliphatic hydroxyl groups is 2. The quantitative estimate of drug-likeness (QED) is 0.847. The molecule has 2 N–H and O–H groups in total. The van der Waals surface area contributed by atoms with Crippen LogP contribution in [0, 0.1) is 0 Å². The van der Waals surface area contributed by atoms with E-state index >= 15 is 0 Å². The Bertz CT molecular complexity index is 383. The van der Waals surface area contributed by atoms with Gasteiger partial charge in [-0.1, -0.05) is 18.2 Å². The van der Waals surface area contributed by atoms with Crippen LogP contribution in [0.25, 0.3) is 0 Å². The summed E-state index contributed by atoms with van der Waals surface area (Å²) in [4.78, 5) is 2.13. The first-order chi connectivity index (χ1) is 8.72. The Kier molecular flexibility index (Phi) is 4.58. The van der Waals surface area contributed by atoms with Crippen LogP contribution in [0.4, 0.5) is 5.69 Å². The van der Waals surface area contributed by atoms with Crippen LogP contribution in [-0.4, -0.2) is 43.1 Å². The lowest BCUT2D eigenvalue weighted by atomic mass is 10.0. The fourth-order valence-electron chi connectivity index (χ4n) is 2.50. The lowest BCUT2D eigenvalue weighted by Crippen LogP contribution is -2.35. The number of fused-ring (bicyclic) bond motifs is 1. The molecule has 1 aromatic carbocycles. The van der Waals surface area contributed by atoms with E-state index in [-0.39, 0.29) is 0 Å². The average molecular weight is 251 g/mol. The Morgan fingerprint density at radius 1 is 1.44 bits per heavy atom. The van der Waals surface area contributed by atoms with Gasteiger partial charge in [0, 0.05) is 31.5 Å². The number of β-amino-alcohol motifs (C(OH)–C–C–N with tert-alkyl or cyclic N) is 1. The topological polar surface area (TPSA) is 52.9 Å². The van der Waals surface area contributed by atoms with Gasteiger partial charge in [0.2, 0.25) is 0 Å². The van der Waals surface area contributed by atoms with Crippen LogP contribution < -0.4 is 4.90 Å². The minimum absolute atomic E-state index is 0.335. The summed E-state index contributed by atoms with van der Waals surface area (Å²) < 4.78 is 4.96. The molecule has 1 aromatic rings. The Morgan fingerprint density at radius 2 is 2.22 bits per heavy atom. The predicted octanol–water partition coefficient (Wildman–Crippen LogP) is 1.33. The molecule has 0 saturated heterocycles. The molecule has 1 heterocycles. The zero-order valence-electron chi connectivity index (χ0n) is 10.7. The van der Waals surface area contributed by atoms with Crippen molar-refractivity contribution in [1.82, 2.24) is 0 Å². The number of ether oxygens (including phenoxy) is 1. The van der Waals surface area contributed by atoms with Crippen molar-refractivity contribution in [3.05, 3.63) is 29.8 Å². The highest BCUT2D eigenvalue weighted by Gasteiger charge is 2.22. The molecule has 0 aliphatic carbocycles. The van der Waals surface area contributed by atoms with Gasteiger partial charge in [0.05, 0.1) is 18.8 Å². The van der Waals surface area contributed by atoms with Gasteiger partial charge in [0.25, 0.3) is 0 Å². The molecule has 0 saturated carbocycles. The normalized spacial score (nSPS) is 21.3. The van der Waals surface area contributed by atoms with Crippen LogP contribution in [0.1, 0.15) is 24.5 Å². The van der Waals surface area contributed by atoms with Crippen molar-refractivity contribution in [3.63, 3.8) is 0 Å². The Morgan fingerprint density at radius 3 is 3.00 bits per heavy atom. The van der Waals surface area contributed by atoms with Crippen LogP contribution in [0.5, 0.6) is 0 Å². The van der Waals surface area contributed by atoms with Crippen molar-refractivity contribution in [1.29, 1.82) is 0 Å². The van der Waals surface area contributed by atoms with Crippen molar-refractivity contribution >= 4 is 5.69 Å². The molecule has 0 fully saturated rings. The van der Waals surface area contributed by atoms with E-state index in [1.807, 2.05) is 24.3 Å². The number of nitrogens with zero attached hydrogens (tertiary/aromatic N) is 1. The van der Waals surface area contributed by atoms with Gasteiger partial charge in [-0.15, -0.1) is 0 Å². The number of hydrogen-bond acceptors (Lipinski definition) is 4. The van der Waals surface area contributed by atoms with Gasteiger partial charge < -0.3 is 19.8 Å². The monoisotopic (exact) mass is 251 g/mol. The van der Waals surface area contributed by atoms with Crippen molar-refractivity contribution in [2.24, 2.45) is 0 Å². The van der Waals surface area contributed by atoms with E-state index in [2.05, 4.69) is 4.90 Å². The maximum atomic E-state index is 10.1. The fourth-order valence-corrected chi connectivity index (χ4v) is 2.50. The van der Waals surface area contributed by atoms with Crippen LogP contribution >= 0.6 is 0 Å². The second kappa shape index (κ2) is 6.18. The molecule has 1 aliphatic heterocycles. The molecule has 0 radical (unpaired) electrons. The van der Waals surface area contributed by atoms with Gasteiger partial charge in [-0.05, 0) is 18.9 Å². The SMILES string of the molecule is COCC(O)CN1CCCC(O)c2ccccc21. The summed E-state index contributed by atoms with van der Waals surface area (Å²) in [7, 11) is 1.59. The maximum absolute atomic E-state index is 10.1. The summed E-state index contributed by atoms with van der Waals surface area (Å²) in [5, 5.41) is 19.9. The molecular formula is C14H21NO3. The zero-order valence-corrected chi connectivity index (χ0v) is 10.7. The third-order valence-corrected chi connectivity index (χ3v) is 3.33. The smallest absolute Gasteiger partial charge is 0.0947 e. The van der Waals surface area contributed by atoms with E-state index in [9.17, 15) is 10.2 Å². The third-order valence-electron chi connectivity index (χ3n) is 3.33. The van der Waals surface area contributed by atoms with Gasteiger partial charge in [-0.3, -0.25) is 0 Å². The lowest BCUT2D eigenvalue weighted by Gasteiger charge is -2.27. The Balaban J connectivity index is 2.18. The number of rotatable bonds is 4. The molecule has 100 valence electrons. The van der Waals surface area contributed by atoms with Crippen molar-refractivity contribution in [3.8, 4) is 0 Å². The standard InChI is InChI=1S/C14H21NO3/c1-18-10-11(16)9-15-8-4-7-14(17)12-5-2-3-6-13(12)15/h2-3,5-6,11,14,16-17H,4,7-10H2,1H3. The molecule has 1 aliphatic rings. The minimum atomic E-state index is -0.502. The summed E-state index contributed by atoms with van der Waals surface area (Å²) in [5.74, 6) is 0. The number of methoxy groups -OCH3 is 1. The first kappa shape index (κ1) is 13.3. The summed E-state index contributed by atoms with van der Waals surface area (Å²) in [5.41, 5.74) is 1.98. The summed E-state index contributed by atoms with van der Waals surface area (Å²) in [6.45, 7) is 1.73. The predicted molar refractivity (Wildman–Crippen MR) is 70.7 cm³/mol. The number of para-hydroxylation sites is 1. The van der Waals surface area contributed by atoms with Gasteiger partial charge in [-0.25, -0.2) is 0 Å². The van der Waals surface area contributed by atoms with Gasteiger partial charge in [-0.2, -0.15) is 0 Å². The molecule has 4 nitrogen and oxygen atoms in total. The Hall–Kier alpha value is -1.10. The summed E-state index contributed by atoms with van der Waals surface area (Å²) >= 11 is 0. The van der Waals surface area contributed by atoms with E-state index in [0.717, 1.165) is 30.6 Å². The molecule has 2 rings (SSSR count). The van der Waals surface area contributed by atoms with Crippen LogP contribution in [0.3, 0.4) is 0 Å². The third kappa shape index (κ3) is 3.02. The van der Waals surface area contributed by atoms with Crippen LogP contribution in [0.15, 0.2) is 24.3 Å². The fraction of sp³-hybridized carbons (Fsp3) is 0.571. The lowest BCUT2D eigenvalue weighted by molar-refractivity contribution is 0.0688. The number of benzene rings is 1. The van der Waals surface area contributed by atoms with Crippen molar-refractivity contribution < 1.29 is 14.9 Å². The minimum Gasteiger partial charge on any atom is -0.389 e. The van der Waals surface area contributed by atoms with E-state index < -0.39 is 12.2 Å². The molecule has 0 bridgehead atoms. The molecule has 18 heavy (non-hydrogen) atoms. The Labute approximate surface area is 108 Å². The molecule has 0 amide bonds. The van der Waals surface area contributed by atoms with E-state index in [1.54, 1.807) is 7.11 Å². The zero-order chi connectivity index (χ0) is 13.0. The number of aliphatic hydroxyl groups excluding tert-OH is 2. The molecule has 0 spiro atoms. The second-order valence-electron chi connectivity index (χ2n) is 4.77. The highest BCUT2D eigenvalue weighted by Crippen LogP contribution is 2.32. The molecule has 4 heteroatoms. The molecule has 2 atom stereocenters. The van der Waals surface area contributed by atoms with E-state index in [1.165, 1.54) is 0 Å². The first-order valence-corrected chi connectivity index (χ1v) is 6.41. The van der Waals surface area contributed by atoms with E-state index in [4.69, 9.17) is 4.74 Å². The largest absolute Gasteiger partial charge is 0.389 e. The van der Waals surface area contributed by atoms with Crippen LogP contribution in [0.2, 0.25) is 0 Å². The molecule has 2 unspecified atom stereocenters. The second-order valence-corrected chi connectivity index (χ2v) is 4.77. The number of hydrogen-bond donors (Lipinski definition) is 2. The summed E-state index contributed by atoms with van der Waals surface area (Å²) in [6.07, 6.45) is 0.799. The highest BCUT2D eigenvalue weighted by atomic mass is 16.5. The van der Waals surface area contributed by atoms with Crippen molar-refractivity contribution in [2.45, 2.75) is 25.0 Å².